The number of hydrogen-bond acceptors (Lipinski definition) is 1. The molecule has 64 valence electrons. The molecule has 1 aromatic carbocycles. The van der Waals surface area contributed by atoms with Crippen molar-refractivity contribution in [1.82, 2.24) is 0 Å². The van der Waals surface area contributed by atoms with Crippen LogP contribution >= 0.6 is 50.7 Å². The van der Waals surface area contributed by atoms with Crippen molar-refractivity contribution < 1.29 is 4.79 Å². The molecule has 0 aliphatic heterocycles. The molecule has 0 aliphatic carbocycles. The van der Waals surface area contributed by atoms with Gasteiger partial charge < -0.3 is 0 Å². The van der Waals surface area contributed by atoms with Crippen LogP contribution in [-0.2, 0) is 0 Å². The van der Waals surface area contributed by atoms with Crippen LogP contribution in [0.1, 0.15) is 10.4 Å². The summed E-state index contributed by atoms with van der Waals surface area (Å²) in [5.41, 5.74) is 0.272. The van der Waals surface area contributed by atoms with Crippen molar-refractivity contribution in [2.45, 2.75) is 0 Å². The van der Waals surface area contributed by atoms with Crippen molar-refractivity contribution in [3.63, 3.8) is 0 Å². The predicted molar refractivity (Wildman–Crippen MR) is 54.3 cm³/mol. The quantitative estimate of drug-likeness (QED) is 0.561. The zero-order chi connectivity index (χ0) is 9.30. The standard InChI is InChI=1S/C7H2BrCl3O/c8-6-4(7(11)12)1-3(9)2-5(6)10/h1-2H. The minimum Gasteiger partial charge on any atom is -0.276 e. The smallest absolute Gasteiger partial charge is 0.253 e. The van der Waals surface area contributed by atoms with Crippen molar-refractivity contribution in [2.75, 3.05) is 0 Å². The monoisotopic (exact) mass is 286 g/mol. The first kappa shape index (κ1) is 10.3. The van der Waals surface area contributed by atoms with E-state index in [9.17, 15) is 4.79 Å². The summed E-state index contributed by atoms with van der Waals surface area (Å²) in [6.45, 7) is 0. The third kappa shape index (κ3) is 2.13. The third-order valence-electron chi connectivity index (χ3n) is 1.20. The SMILES string of the molecule is O=C(Cl)c1cc(Cl)cc(Cl)c1Br. The number of rotatable bonds is 1. The van der Waals surface area contributed by atoms with E-state index < -0.39 is 5.24 Å². The number of carbonyl (C=O) groups is 1. The van der Waals surface area contributed by atoms with Crippen LogP contribution in [0.2, 0.25) is 10.0 Å². The summed E-state index contributed by atoms with van der Waals surface area (Å²) in [5.74, 6) is 0. The molecule has 1 nitrogen and oxygen atoms in total. The van der Waals surface area contributed by atoms with Crippen molar-refractivity contribution in [3.8, 4) is 0 Å². The maximum absolute atomic E-state index is 10.8. The normalized spacial score (nSPS) is 10.0. The van der Waals surface area contributed by atoms with E-state index in [2.05, 4.69) is 15.9 Å². The molecule has 0 atom stereocenters. The van der Waals surface area contributed by atoms with Gasteiger partial charge in [0.1, 0.15) is 0 Å². The molecule has 1 rings (SSSR count). The number of benzene rings is 1. The second-order valence-corrected chi connectivity index (χ2v) is 4.00. The highest BCUT2D eigenvalue weighted by Crippen LogP contribution is 2.30. The molecule has 5 heteroatoms. The van der Waals surface area contributed by atoms with Gasteiger partial charge in [0.25, 0.3) is 5.24 Å². The Morgan fingerprint density at radius 1 is 1.33 bits per heavy atom. The lowest BCUT2D eigenvalue weighted by molar-refractivity contribution is 0.108. The minimum absolute atomic E-state index is 0.272. The Morgan fingerprint density at radius 2 is 1.92 bits per heavy atom. The molecule has 0 saturated carbocycles. The molecule has 0 saturated heterocycles. The molecular weight excluding hydrogens is 286 g/mol. The van der Waals surface area contributed by atoms with Crippen molar-refractivity contribution in [1.29, 1.82) is 0 Å². The van der Waals surface area contributed by atoms with Crippen LogP contribution in [0.15, 0.2) is 16.6 Å². The summed E-state index contributed by atoms with van der Waals surface area (Å²) in [7, 11) is 0. The second kappa shape index (κ2) is 3.97. The first-order valence-electron chi connectivity index (χ1n) is 2.86. The van der Waals surface area contributed by atoms with Gasteiger partial charge in [-0.1, -0.05) is 23.2 Å². The van der Waals surface area contributed by atoms with E-state index in [1.807, 2.05) is 0 Å². The molecule has 0 aromatic heterocycles. The summed E-state index contributed by atoms with van der Waals surface area (Å²) in [6, 6.07) is 2.98. The van der Waals surface area contributed by atoms with Crippen LogP contribution < -0.4 is 0 Å². The fourth-order valence-corrected chi connectivity index (χ4v) is 1.86. The van der Waals surface area contributed by atoms with Gasteiger partial charge in [0.05, 0.1) is 10.6 Å². The topological polar surface area (TPSA) is 17.1 Å². The third-order valence-corrected chi connectivity index (χ3v) is 3.01. The van der Waals surface area contributed by atoms with Crippen LogP contribution in [0, 0.1) is 0 Å². The van der Waals surface area contributed by atoms with Gasteiger partial charge in [-0.05, 0) is 39.7 Å². The summed E-state index contributed by atoms with van der Waals surface area (Å²) < 4.78 is 0.466. The van der Waals surface area contributed by atoms with E-state index in [1.54, 1.807) is 0 Å². The molecule has 0 aliphatic rings. The molecule has 0 bridgehead atoms. The zero-order valence-corrected chi connectivity index (χ0v) is 9.43. The highest BCUT2D eigenvalue weighted by atomic mass is 79.9. The molecule has 0 N–H and O–H groups in total. The molecular formula is C7H2BrCl3O. The maximum atomic E-state index is 10.8. The van der Waals surface area contributed by atoms with Gasteiger partial charge in [-0.25, -0.2) is 0 Å². The van der Waals surface area contributed by atoms with Gasteiger partial charge in [-0.15, -0.1) is 0 Å². The molecule has 0 heterocycles. The largest absolute Gasteiger partial charge is 0.276 e. The summed E-state index contributed by atoms with van der Waals surface area (Å²) >= 11 is 19.8. The molecule has 1 aromatic rings. The summed E-state index contributed by atoms with van der Waals surface area (Å²) in [6.07, 6.45) is 0. The fraction of sp³-hybridized carbons (Fsp3) is 0. The first-order chi connectivity index (χ1) is 5.52. The highest BCUT2D eigenvalue weighted by molar-refractivity contribution is 9.10. The van der Waals surface area contributed by atoms with Crippen LogP contribution in [0.4, 0.5) is 0 Å². The Bertz CT molecular complexity index is 338. The molecule has 12 heavy (non-hydrogen) atoms. The van der Waals surface area contributed by atoms with Crippen LogP contribution in [0.25, 0.3) is 0 Å². The Labute approximate surface area is 92.7 Å². The predicted octanol–water partition coefficient (Wildman–Crippen LogP) is 4.13. The van der Waals surface area contributed by atoms with Crippen molar-refractivity contribution in [3.05, 3.63) is 32.2 Å². The number of hydrogen-bond donors (Lipinski definition) is 0. The Kier molecular flexibility index (Phi) is 3.41. The molecule has 0 fully saturated rings. The first-order valence-corrected chi connectivity index (χ1v) is 4.79. The van der Waals surface area contributed by atoms with E-state index in [-0.39, 0.29) is 5.56 Å². The molecule has 0 radical (unpaired) electrons. The van der Waals surface area contributed by atoms with Crippen molar-refractivity contribution >= 4 is 56.0 Å². The van der Waals surface area contributed by atoms with Gasteiger partial charge in [-0.2, -0.15) is 0 Å². The van der Waals surface area contributed by atoms with Gasteiger partial charge in [-0.3, -0.25) is 4.79 Å². The van der Waals surface area contributed by atoms with E-state index in [1.165, 1.54) is 12.1 Å². The lowest BCUT2D eigenvalue weighted by atomic mass is 10.2. The Hall–Kier alpha value is 0.240. The maximum Gasteiger partial charge on any atom is 0.253 e. The number of halogens is 4. The van der Waals surface area contributed by atoms with E-state index in [0.717, 1.165) is 0 Å². The van der Waals surface area contributed by atoms with Gasteiger partial charge in [0, 0.05) is 9.50 Å². The zero-order valence-electron chi connectivity index (χ0n) is 5.57. The Balaban J connectivity index is 3.37. The Morgan fingerprint density at radius 3 is 2.42 bits per heavy atom. The molecule has 0 unspecified atom stereocenters. The summed E-state index contributed by atoms with van der Waals surface area (Å²) in [5, 5.41) is 0.157. The van der Waals surface area contributed by atoms with Gasteiger partial charge >= 0.3 is 0 Å². The van der Waals surface area contributed by atoms with Gasteiger partial charge in [0.15, 0.2) is 0 Å². The average molecular weight is 288 g/mol. The van der Waals surface area contributed by atoms with Crippen LogP contribution in [-0.4, -0.2) is 5.24 Å². The molecule has 0 amide bonds. The van der Waals surface area contributed by atoms with E-state index >= 15 is 0 Å². The van der Waals surface area contributed by atoms with Crippen LogP contribution in [0.3, 0.4) is 0 Å². The minimum atomic E-state index is -0.591. The van der Waals surface area contributed by atoms with Crippen LogP contribution in [0.5, 0.6) is 0 Å². The fourth-order valence-electron chi connectivity index (χ4n) is 0.699. The number of carbonyl (C=O) groups excluding carboxylic acids is 1. The van der Waals surface area contributed by atoms with E-state index in [4.69, 9.17) is 34.8 Å². The lowest BCUT2D eigenvalue weighted by Gasteiger charge is -2.01. The van der Waals surface area contributed by atoms with E-state index in [0.29, 0.717) is 14.5 Å². The molecule has 0 spiro atoms. The summed E-state index contributed by atoms with van der Waals surface area (Å²) in [4.78, 5) is 10.8. The van der Waals surface area contributed by atoms with Crippen molar-refractivity contribution in [2.24, 2.45) is 0 Å². The highest BCUT2D eigenvalue weighted by Gasteiger charge is 2.11. The lowest BCUT2D eigenvalue weighted by Crippen LogP contribution is -1.90. The second-order valence-electron chi connectivity index (χ2n) is 2.02. The van der Waals surface area contributed by atoms with Gasteiger partial charge in [0.2, 0.25) is 0 Å². The average Bonchev–Trinajstić information content (AvgIpc) is 1.96.